The number of nitrogens with zero attached hydrogens (tertiary/aromatic N) is 3. The third-order valence-electron chi connectivity index (χ3n) is 5.97. The average molecular weight is 501 g/mol. The van der Waals surface area contributed by atoms with Gasteiger partial charge >= 0.3 is 0 Å². The highest BCUT2D eigenvalue weighted by Gasteiger charge is 2.12. The Bertz CT molecular complexity index is 1410. The van der Waals surface area contributed by atoms with E-state index in [-0.39, 0.29) is 6.61 Å². The van der Waals surface area contributed by atoms with Crippen LogP contribution in [-0.2, 0) is 19.3 Å². The number of fused-ring (bicyclic) bond motifs is 1. The molecule has 0 radical (unpaired) electrons. The molecule has 0 unspecified atom stereocenters. The molecule has 0 aliphatic carbocycles. The summed E-state index contributed by atoms with van der Waals surface area (Å²) in [6.07, 6.45) is 3.63. The molecule has 8 nitrogen and oxygen atoms in total. The molecule has 5 rings (SSSR count). The van der Waals surface area contributed by atoms with Gasteiger partial charge in [-0.3, -0.25) is 0 Å². The minimum absolute atomic E-state index is 0.197. The molecule has 0 aliphatic rings. The molecule has 3 heterocycles. The van der Waals surface area contributed by atoms with Crippen molar-refractivity contribution in [2.24, 2.45) is 0 Å². The molecule has 9 heteroatoms. The lowest BCUT2D eigenvalue weighted by atomic mass is 10.0. The molecule has 36 heavy (non-hydrogen) atoms. The van der Waals surface area contributed by atoms with E-state index in [0.717, 1.165) is 57.0 Å². The molecule has 1 atom stereocenters. The molecular weight excluding hydrogens is 472 g/mol. The number of aryl methyl sites for hydroxylation is 2. The van der Waals surface area contributed by atoms with Gasteiger partial charge < -0.3 is 20.1 Å². The van der Waals surface area contributed by atoms with Gasteiger partial charge in [-0.05, 0) is 57.6 Å². The van der Waals surface area contributed by atoms with E-state index in [1.54, 1.807) is 11.3 Å². The number of rotatable bonds is 12. The summed E-state index contributed by atoms with van der Waals surface area (Å²) in [4.78, 5) is 4.50. The topological polar surface area (TPSA) is 112 Å². The van der Waals surface area contributed by atoms with Gasteiger partial charge in [-0.25, -0.2) is 5.10 Å². The van der Waals surface area contributed by atoms with Gasteiger partial charge in [-0.15, -0.1) is 16.4 Å². The van der Waals surface area contributed by atoms with Crippen LogP contribution in [0, 0.1) is 0 Å². The first-order valence-electron chi connectivity index (χ1n) is 11.8. The van der Waals surface area contributed by atoms with E-state index in [4.69, 9.17) is 4.74 Å². The number of aliphatic hydroxyl groups is 1. The van der Waals surface area contributed by atoms with Gasteiger partial charge in [0.05, 0.1) is 0 Å². The number of benzene rings is 2. The van der Waals surface area contributed by atoms with Crippen molar-refractivity contribution in [3.05, 3.63) is 95.4 Å². The molecule has 4 N–H and O–H groups in total. The zero-order valence-electron chi connectivity index (χ0n) is 19.8. The van der Waals surface area contributed by atoms with Gasteiger partial charge in [0, 0.05) is 52.6 Å². The summed E-state index contributed by atoms with van der Waals surface area (Å²) in [5.74, 6) is 1.55. The fourth-order valence-corrected chi connectivity index (χ4v) is 4.87. The average Bonchev–Trinajstić information content (AvgIpc) is 3.68. The van der Waals surface area contributed by atoms with Gasteiger partial charge in [0.2, 0.25) is 0 Å². The number of aliphatic hydroxyl groups excluding tert-OH is 1. The Labute approximate surface area is 213 Å². The summed E-state index contributed by atoms with van der Waals surface area (Å²) in [6, 6.07) is 18.4. The van der Waals surface area contributed by atoms with Crippen molar-refractivity contribution in [2.75, 3.05) is 13.2 Å². The largest absolute Gasteiger partial charge is 0.490 e. The van der Waals surface area contributed by atoms with Crippen LogP contribution >= 0.6 is 11.3 Å². The molecule has 0 saturated heterocycles. The van der Waals surface area contributed by atoms with Crippen molar-refractivity contribution in [3.63, 3.8) is 0 Å². The van der Waals surface area contributed by atoms with Crippen molar-refractivity contribution in [3.8, 4) is 16.2 Å². The Hall–Kier alpha value is -3.95. The Balaban J connectivity index is 1.11. The SMILES string of the molecule is C=C(Cc1c[nH]c2cc(CCc3nnn[nH]3)ccc12)NC[C@H](O)COc1ccccc1-c1cccs1. The molecule has 0 bridgehead atoms. The highest BCUT2D eigenvalue weighted by molar-refractivity contribution is 7.13. The van der Waals surface area contributed by atoms with Crippen LogP contribution in [0.1, 0.15) is 17.0 Å². The summed E-state index contributed by atoms with van der Waals surface area (Å²) in [7, 11) is 0. The Morgan fingerprint density at radius 3 is 2.89 bits per heavy atom. The predicted molar refractivity (Wildman–Crippen MR) is 142 cm³/mol. The lowest BCUT2D eigenvalue weighted by molar-refractivity contribution is 0.109. The van der Waals surface area contributed by atoms with Crippen LogP contribution < -0.4 is 10.1 Å². The van der Waals surface area contributed by atoms with Gasteiger partial charge in [0.25, 0.3) is 0 Å². The number of aromatic amines is 2. The lowest BCUT2D eigenvalue weighted by Gasteiger charge is -2.16. The Morgan fingerprint density at radius 1 is 1.14 bits per heavy atom. The maximum Gasteiger partial charge on any atom is 0.148 e. The van der Waals surface area contributed by atoms with Crippen molar-refractivity contribution in [1.29, 1.82) is 0 Å². The highest BCUT2D eigenvalue weighted by Crippen LogP contribution is 2.33. The number of tetrazole rings is 1. The first kappa shape index (κ1) is 23.8. The fourth-order valence-electron chi connectivity index (χ4n) is 4.11. The van der Waals surface area contributed by atoms with Crippen LogP contribution in [-0.4, -0.2) is 50.0 Å². The predicted octanol–water partition coefficient (Wildman–Crippen LogP) is 4.28. The molecule has 2 aromatic carbocycles. The number of allylic oxidation sites excluding steroid dienone is 1. The van der Waals surface area contributed by atoms with Crippen LogP contribution in [0.2, 0.25) is 0 Å². The molecule has 0 fully saturated rings. The number of H-pyrrole nitrogens is 2. The van der Waals surface area contributed by atoms with Gasteiger partial charge in [0.1, 0.15) is 24.3 Å². The number of para-hydroxylation sites is 1. The Morgan fingerprint density at radius 2 is 2.06 bits per heavy atom. The minimum Gasteiger partial charge on any atom is -0.490 e. The molecular formula is C27H28N6O2S. The number of nitrogens with one attached hydrogen (secondary N) is 3. The second kappa shape index (κ2) is 11.2. The first-order chi connectivity index (χ1) is 17.7. The number of thiophene rings is 1. The van der Waals surface area contributed by atoms with E-state index in [9.17, 15) is 5.11 Å². The molecule has 3 aromatic heterocycles. The standard InChI is InChI=1S/C27H28N6O2S/c1-18(28-16-21(34)17-35-25-6-3-2-5-23(25)26-7-4-12-36-26)13-20-15-29-24-14-19(8-10-22(20)24)9-11-27-30-32-33-31-27/h2-8,10,12,14-15,21,28-29,34H,1,9,11,13,16-17H2,(H,30,31,32,33)/t21-/m0/s1. The number of hydrogen-bond acceptors (Lipinski definition) is 7. The second-order valence-corrected chi connectivity index (χ2v) is 9.59. The van der Waals surface area contributed by atoms with Gasteiger partial charge in [-0.1, -0.05) is 36.9 Å². The van der Waals surface area contributed by atoms with E-state index in [2.05, 4.69) is 61.8 Å². The van der Waals surface area contributed by atoms with E-state index in [1.165, 1.54) is 5.56 Å². The van der Waals surface area contributed by atoms with Crippen molar-refractivity contribution in [2.45, 2.75) is 25.4 Å². The fraction of sp³-hybridized carbons (Fsp3) is 0.222. The normalized spacial score (nSPS) is 12.0. The summed E-state index contributed by atoms with van der Waals surface area (Å²) < 4.78 is 5.94. The van der Waals surface area contributed by atoms with Crippen LogP contribution in [0.4, 0.5) is 0 Å². The van der Waals surface area contributed by atoms with E-state index in [0.29, 0.717) is 13.0 Å². The quantitative estimate of drug-likeness (QED) is 0.203. The molecule has 0 spiro atoms. The number of hydrogen-bond donors (Lipinski definition) is 4. The molecule has 5 aromatic rings. The van der Waals surface area contributed by atoms with Gasteiger partial charge in [-0.2, -0.15) is 0 Å². The molecule has 0 aliphatic heterocycles. The summed E-state index contributed by atoms with van der Waals surface area (Å²) in [5.41, 5.74) is 5.34. The lowest BCUT2D eigenvalue weighted by Crippen LogP contribution is -2.31. The monoisotopic (exact) mass is 500 g/mol. The van der Waals surface area contributed by atoms with E-state index < -0.39 is 6.10 Å². The van der Waals surface area contributed by atoms with Crippen molar-refractivity contribution in [1.82, 2.24) is 30.9 Å². The van der Waals surface area contributed by atoms with Crippen LogP contribution in [0.15, 0.2) is 78.5 Å². The second-order valence-electron chi connectivity index (χ2n) is 8.64. The minimum atomic E-state index is -0.664. The molecule has 184 valence electrons. The molecule has 0 saturated carbocycles. The third-order valence-corrected chi connectivity index (χ3v) is 6.87. The third kappa shape index (κ3) is 5.81. The van der Waals surface area contributed by atoms with Gasteiger partial charge in [0.15, 0.2) is 0 Å². The smallest absolute Gasteiger partial charge is 0.148 e. The highest BCUT2D eigenvalue weighted by atomic mass is 32.1. The zero-order valence-corrected chi connectivity index (χ0v) is 20.6. The van der Waals surface area contributed by atoms with Crippen molar-refractivity contribution < 1.29 is 9.84 Å². The van der Waals surface area contributed by atoms with Crippen molar-refractivity contribution >= 4 is 22.2 Å². The number of ether oxygens (including phenoxy) is 1. The van der Waals surface area contributed by atoms with Crippen LogP contribution in [0.25, 0.3) is 21.3 Å². The molecule has 0 amide bonds. The van der Waals surface area contributed by atoms with E-state index >= 15 is 0 Å². The summed E-state index contributed by atoms with van der Waals surface area (Å²) in [6.45, 7) is 4.71. The van der Waals surface area contributed by atoms with Crippen LogP contribution in [0.3, 0.4) is 0 Å². The number of aromatic nitrogens is 5. The maximum atomic E-state index is 10.5. The summed E-state index contributed by atoms with van der Waals surface area (Å²) >= 11 is 1.67. The van der Waals surface area contributed by atoms with Crippen LogP contribution in [0.5, 0.6) is 5.75 Å². The van der Waals surface area contributed by atoms with E-state index in [1.807, 2.05) is 41.9 Å². The zero-order chi connectivity index (χ0) is 24.7. The summed E-state index contributed by atoms with van der Waals surface area (Å²) in [5, 5.41) is 30.9. The maximum absolute atomic E-state index is 10.5. The first-order valence-corrected chi connectivity index (χ1v) is 12.7. The Kier molecular flexibility index (Phi) is 7.39.